The van der Waals surface area contributed by atoms with Gasteiger partial charge in [-0.3, -0.25) is 0 Å². The number of nitriles is 1. The number of benzene rings is 7. The zero-order chi connectivity index (χ0) is 34.9. The summed E-state index contributed by atoms with van der Waals surface area (Å²) >= 11 is 1.82. The molecule has 0 fully saturated rings. The molecule has 0 atom stereocenters. The second-order valence-corrected chi connectivity index (χ2v) is 15.4. The van der Waals surface area contributed by atoms with Gasteiger partial charge in [-0.25, -0.2) is 4.85 Å². The fraction of sp³-hybridized carbons (Fsp3) is 0.0638. The van der Waals surface area contributed by atoms with E-state index in [-0.39, 0.29) is 5.41 Å². The second kappa shape index (κ2) is 10.2. The highest BCUT2D eigenvalue weighted by atomic mass is 32.1. The van der Waals surface area contributed by atoms with Crippen molar-refractivity contribution in [1.29, 1.82) is 5.26 Å². The van der Waals surface area contributed by atoms with E-state index in [4.69, 9.17) is 6.57 Å². The molecule has 4 nitrogen and oxygen atoms in total. The summed E-state index contributed by atoms with van der Waals surface area (Å²) in [5, 5.41) is 16.6. The highest BCUT2D eigenvalue weighted by Crippen LogP contribution is 2.53. The largest absolute Gasteiger partial charge is 0.309 e. The van der Waals surface area contributed by atoms with Gasteiger partial charge in [0.2, 0.25) is 0 Å². The predicted molar refractivity (Wildman–Crippen MR) is 217 cm³/mol. The number of hydrogen-bond donors (Lipinski definition) is 0. The molecule has 52 heavy (non-hydrogen) atoms. The van der Waals surface area contributed by atoms with Gasteiger partial charge in [0.25, 0.3) is 0 Å². The van der Waals surface area contributed by atoms with Gasteiger partial charge in [0, 0.05) is 53.1 Å². The van der Waals surface area contributed by atoms with Crippen LogP contribution in [0, 0.1) is 17.9 Å². The molecular weight excluding hydrogens is 653 g/mol. The fourth-order valence-electron chi connectivity index (χ4n) is 8.99. The van der Waals surface area contributed by atoms with Gasteiger partial charge in [-0.05, 0) is 107 Å². The Labute approximate surface area is 303 Å². The molecule has 0 saturated carbocycles. The Bertz CT molecular complexity index is 3300. The standard InChI is InChI=1S/C47H28N4S/c1-47(2)37-10-6-4-9-32(37)45-38(47)16-19-42-46(45)36-23-28(49-3)13-18-41(36)51(42)30-15-21-44-35(25-30)34-24-29(14-20-43(34)52-44)50-39-11-7-5-8-31(39)33-22-27(26-48)12-17-40(33)50/h4-25H,1-2H3. The molecule has 0 aliphatic heterocycles. The fourth-order valence-corrected chi connectivity index (χ4v) is 10.1. The van der Waals surface area contributed by atoms with Crippen molar-refractivity contribution >= 4 is 80.8 Å². The van der Waals surface area contributed by atoms with Crippen molar-refractivity contribution in [3.8, 4) is 28.6 Å². The van der Waals surface area contributed by atoms with Crippen LogP contribution < -0.4 is 0 Å². The highest BCUT2D eigenvalue weighted by molar-refractivity contribution is 7.25. The molecule has 0 bridgehead atoms. The Morgan fingerprint density at radius 3 is 2.02 bits per heavy atom. The highest BCUT2D eigenvalue weighted by Gasteiger charge is 2.37. The molecule has 7 aromatic carbocycles. The first-order chi connectivity index (χ1) is 25.4. The van der Waals surface area contributed by atoms with Crippen LogP contribution in [0.3, 0.4) is 0 Å². The van der Waals surface area contributed by atoms with E-state index >= 15 is 0 Å². The summed E-state index contributed by atoms with van der Waals surface area (Å²) < 4.78 is 7.19. The van der Waals surface area contributed by atoms with Crippen molar-refractivity contribution in [1.82, 2.24) is 9.13 Å². The molecule has 1 aliphatic rings. The lowest BCUT2D eigenvalue weighted by atomic mass is 9.82. The number of fused-ring (bicyclic) bond motifs is 13. The first-order valence-electron chi connectivity index (χ1n) is 17.4. The van der Waals surface area contributed by atoms with Gasteiger partial charge in [0.15, 0.2) is 5.69 Å². The smallest absolute Gasteiger partial charge is 0.188 e. The molecule has 0 N–H and O–H groups in total. The molecule has 0 spiro atoms. The number of thiophene rings is 1. The summed E-state index contributed by atoms with van der Waals surface area (Å²) in [5.74, 6) is 0. The van der Waals surface area contributed by atoms with E-state index in [1.54, 1.807) is 0 Å². The Kier molecular flexibility index (Phi) is 5.71. The Morgan fingerprint density at radius 1 is 0.596 bits per heavy atom. The molecule has 3 heterocycles. The van der Waals surface area contributed by atoms with E-state index in [0.29, 0.717) is 11.3 Å². The van der Waals surface area contributed by atoms with Crippen molar-refractivity contribution in [3.05, 3.63) is 162 Å². The van der Waals surface area contributed by atoms with Gasteiger partial charge in [-0.15, -0.1) is 11.3 Å². The van der Waals surface area contributed by atoms with Crippen LogP contribution in [0.4, 0.5) is 5.69 Å². The lowest BCUT2D eigenvalue weighted by molar-refractivity contribution is 0.661. The van der Waals surface area contributed by atoms with Gasteiger partial charge in [-0.2, -0.15) is 5.26 Å². The molecular formula is C47H28N4S. The summed E-state index contributed by atoms with van der Waals surface area (Å²) in [6.07, 6.45) is 0. The van der Waals surface area contributed by atoms with Crippen LogP contribution in [0.15, 0.2) is 133 Å². The van der Waals surface area contributed by atoms with E-state index in [1.165, 1.54) is 47.8 Å². The summed E-state index contributed by atoms with van der Waals surface area (Å²) in [5.41, 5.74) is 13.1. The molecule has 0 unspecified atom stereocenters. The van der Waals surface area contributed by atoms with Crippen LogP contribution >= 0.6 is 11.3 Å². The quantitative estimate of drug-likeness (QED) is 0.167. The molecule has 0 saturated heterocycles. The molecule has 3 aromatic heterocycles. The molecule has 0 amide bonds. The monoisotopic (exact) mass is 680 g/mol. The lowest BCUT2D eigenvalue weighted by Crippen LogP contribution is -2.14. The zero-order valence-corrected chi connectivity index (χ0v) is 29.2. The first-order valence-corrected chi connectivity index (χ1v) is 18.3. The predicted octanol–water partition coefficient (Wildman–Crippen LogP) is 13.0. The van der Waals surface area contributed by atoms with Crippen molar-refractivity contribution in [2.45, 2.75) is 19.3 Å². The summed E-state index contributed by atoms with van der Waals surface area (Å²) in [7, 11) is 0. The van der Waals surface area contributed by atoms with Crippen LogP contribution in [-0.4, -0.2) is 9.13 Å². The molecule has 0 radical (unpaired) electrons. The number of nitrogens with zero attached hydrogens (tertiary/aromatic N) is 4. The zero-order valence-electron chi connectivity index (χ0n) is 28.4. The third-order valence-corrected chi connectivity index (χ3v) is 12.5. The van der Waals surface area contributed by atoms with E-state index in [2.05, 4.69) is 149 Å². The molecule has 11 rings (SSSR count). The van der Waals surface area contributed by atoms with Gasteiger partial charge in [0.05, 0.1) is 40.3 Å². The van der Waals surface area contributed by atoms with E-state index in [1.807, 2.05) is 29.5 Å². The number of para-hydroxylation sites is 1. The third-order valence-electron chi connectivity index (χ3n) is 11.3. The Hall–Kier alpha value is -6.66. The minimum Gasteiger partial charge on any atom is -0.309 e. The van der Waals surface area contributed by atoms with Gasteiger partial charge in [-0.1, -0.05) is 68.4 Å². The average molecular weight is 681 g/mol. The summed E-state index contributed by atoms with van der Waals surface area (Å²) in [6.45, 7) is 12.5. The summed E-state index contributed by atoms with van der Waals surface area (Å²) in [4.78, 5) is 3.85. The Balaban J connectivity index is 1.18. The number of rotatable bonds is 2. The third kappa shape index (κ3) is 3.73. The van der Waals surface area contributed by atoms with Crippen LogP contribution in [-0.2, 0) is 5.41 Å². The van der Waals surface area contributed by atoms with Crippen molar-refractivity contribution in [2.75, 3.05) is 0 Å². The maximum Gasteiger partial charge on any atom is 0.188 e. The molecule has 242 valence electrons. The SMILES string of the molecule is [C-]#[N+]c1ccc2c(c1)c1c3c(ccc1n2-c1ccc2sc4ccc(-n5c6ccccc6c6cc(C#N)ccc65)cc4c2c1)C(C)(C)c1ccccc1-3. The summed E-state index contributed by atoms with van der Waals surface area (Å²) in [6, 6.07) is 49.9. The number of hydrogen-bond acceptors (Lipinski definition) is 2. The normalized spacial score (nSPS) is 13.3. The van der Waals surface area contributed by atoms with Crippen molar-refractivity contribution in [3.63, 3.8) is 0 Å². The molecule has 10 aromatic rings. The second-order valence-electron chi connectivity index (χ2n) is 14.4. The van der Waals surface area contributed by atoms with Crippen molar-refractivity contribution in [2.24, 2.45) is 0 Å². The van der Waals surface area contributed by atoms with Crippen molar-refractivity contribution < 1.29 is 0 Å². The maximum atomic E-state index is 9.65. The molecule has 5 heteroatoms. The van der Waals surface area contributed by atoms with E-state index < -0.39 is 0 Å². The first kappa shape index (κ1) is 29.1. The van der Waals surface area contributed by atoms with E-state index in [9.17, 15) is 5.26 Å². The minimum absolute atomic E-state index is 0.119. The minimum atomic E-state index is -0.119. The van der Waals surface area contributed by atoms with Gasteiger partial charge in [0.1, 0.15) is 0 Å². The van der Waals surface area contributed by atoms with Crippen LogP contribution in [0.5, 0.6) is 0 Å². The van der Waals surface area contributed by atoms with E-state index in [0.717, 1.165) is 49.6 Å². The average Bonchev–Trinajstić information content (AvgIpc) is 3.89. The van der Waals surface area contributed by atoms with Gasteiger partial charge >= 0.3 is 0 Å². The Morgan fingerprint density at radius 2 is 1.25 bits per heavy atom. The molecule has 1 aliphatic carbocycles. The topological polar surface area (TPSA) is 38.0 Å². The van der Waals surface area contributed by atoms with Crippen LogP contribution in [0.25, 0.3) is 91.1 Å². The maximum absolute atomic E-state index is 9.65. The van der Waals surface area contributed by atoms with Gasteiger partial charge < -0.3 is 9.13 Å². The lowest BCUT2D eigenvalue weighted by Gasteiger charge is -2.21. The number of aromatic nitrogens is 2. The van der Waals surface area contributed by atoms with Crippen LogP contribution in [0.2, 0.25) is 0 Å². The van der Waals surface area contributed by atoms with Crippen LogP contribution in [0.1, 0.15) is 30.5 Å².